The van der Waals surface area contributed by atoms with Crippen LogP contribution in [0.2, 0.25) is 0 Å². The first-order valence-electron chi connectivity index (χ1n) is 13.6. The third-order valence-electron chi connectivity index (χ3n) is 6.37. The first-order chi connectivity index (χ1) is 19.8. The van der Waals surface area contributed by atoms with Crippen LogP contribution in [0.1, 0.15) is 45.9 Å². The zero-order chi connectivity index (χ0) is 29.8. The molecule has 0 spiro atoms. The normalized spacial score (nSPS) is 10.6. The number of thiophene rings is 1. The van der Waals surface area contributed by atoms with Crippen LogP contribution in [0.4, 0.5) is 10.5 Å². The second kappa shape index (κ2) is 15.7. The Balaban J connectivity index is 1.71. The molecule has 0 radical (unpaired) electrons. The molecule has 1 N–H and O–H groups in total. The van der Waals surface area contributed by atoms with E-state index in [0.717, 1.165) is 10.4 Å². The lowest BCUT2D eigenvalue weighted by molar-refractivity contribution is -0.132. The van der Waals surface area contributed by atoms with Gasteiger partial charge in [-0.15, -0.1) is 11.3 Å². The van der Waals surface area contributed by atoms with E-state index in [1.165, 1.54) is 9.78 Å². The van der Waals surface area contributed by atoms with Crippen molar-refractivity contribution in [1.82, 2.24) is 9.80 Å². The number of amides is 3. The summed E-state index contributed by atoms with van der Waals surface area (Å²) < 4.78 is 15.8. The number of methoxy groups -OCH3 is 2. The van der Waals surface area contributed by atoms with Gasteiger partial charge in [-0.2, -0.15) is 0 Å². The third-order valence-corrected chi connectivity index (χ3v) is 7.35. The molecule has 1 heterocycles. The molecular weight excluding hydrogens is 542 g/mol. The smallest absolute Gasteiger partial charge is 0.338 e. The quantitative estimate of drug-likeness (QED) is 0.243. The number of nitrogens with zero attached hydrogens (tertiary/aromatic N) is 2. The number of urea groups is 1. The maximum absolute atomic E-state index is 13.6. The predicted molar refractivity (Wildman–Crippen MR) is 161 cm³/mol. The molecule has 1 aromatic heterocycles. The van der Waals surface area contributed by atoms with E-state index in [0.29, 0.717) is 55.2 Å². The summed E-state index contributed by atoms with van der Waals surface area (Å²) in [6, 6.07) is 15.9. The minimum absolute atomic E-state index is 0.0587. The molecular formula is C31H39N3O6S. The number of benzene rings is 2. The zero-order valence-electron chi connectivity index (χ0n) is 24.4. The Bertz CT molecular complexity index is 1310. The molecule has 0 unspecified atom stereocenters. The van der Waals surface area contributed by atoms with Crippen LogP contribution in [-0.2, 0) is 22.5 Å². The number of carbonyl (C=O) groups is 3. The number of aryl methyl sites for hydroxylation is 1. The Morgan fingerprint density at radius 3 is 2.22 bits per heavy atom. The topological polar surface area (TPSA) is 97.4 Å². The molecule has 0 fully saturated rings. The summed E-state index contributed by atoms with van der Waals surface area (Å²) >= 11 is 1.65. The van der Waals surface area contributed by atoms with E-state index in [1.807, 2.05) is 44.2 Å². The van der Waals surface area contributed by atoms with Crippen molar-refractivity contribution >= 4 is 34.9 Å². The molecule has 2 aromatic carbocycles. The van der Waals surface area contributed by atoms with Crippen molar-refractivity contribution < 1.29 is 28.6 Å². The highest BCUT2D eigenvalue weighted by molar-refractivity contribution is 7.11. The van der Waals surface area contributed by atoms with E-state index < -0.39 is 5.97 Å². The first-order valence-corrected chi connectivity index (χ1v) is 14.5. The highest BCUT2D eigenvalue weighted by Crippen LogP contribution is 2.28. The summed E-state index contributed by atoms with van der Waals surface area (Å²) in [7, 11) is 3.19. The van der Waals surface area contributed by atoms with Crippen LogP contribution < -0.4 is 14.8 Å². The van der Waals surface area contributed by atoms with Gasteiger partial charge in [-0.3, -0.25) is 4.79 Å². The van der Waals surface area contributed by atoms with Crippen molar-refractivity contribution in [2.75, 3.05) is 45.8 Å². The van der Waals surface area contributed by atoms with Crippen molar-refractivity contribution in [1.29, 1.82) is 0 Å². The number of hydrogen-bond donors (Lipinski definition) is 1. The van der Waals surface area contributed by atoms with Crippen molar-refractivity contribution in [3.05, 3.63) is 75.5 Å². The maximum Gasteiger partial charge on any atom is 0.338 e. The van der Waals surface area contributed by atoms with Gasteiger partial charge in [-0.05, 0) is 80.8 Å². The second-order valence-corrected chi connectivity index (χ2v) is 10.8. The van der Waals surface area contributed by atoms with Crippen molar-refractivity contribution in [3.8, 4) is 11.5 Å². The fourth-order valence-corrected chi connectivity index (χ4v) is 5.15. The fraction of sp³-hybridized carbons (Fsp3) is 0.387. The predicted octanol–water partition coefficient (Wildman–Crippen LogP) is 5.77. The van der Waals surface area contributed by atoms with E-state index in [9.17, 15) is 14.4 Å². The summed E-state index contributed by atoms with van der Waals surface area (Å²) in [6.07, 6.45) is 1.31. The monoisotopic (exact) mass is 581 g/mol. The molecule has 41 heavy (non-hydrogen) atoms. The lowest BCUT2D eigenvalue weighted by Gasteiger charge is -2.27. The number of rotatable bonds is 14. The molecule has 3 amide bonds. The molecule has 3 aromatic rings. The number of anilines is 1. The average molecular weight is 582 g/mol. The second-order valence-electron chi connectivity index (χ2n) is 9.42. The van der Waals surface area contributed by atoms with Crippen molar-refractivity contribution in [3.63, 3.8) is 0 Å². The number of esters is 1. The molecule has 9 nitrogen and oxygen atoms in total. The van der Waals surface area contributed by atoms with Crippen LogP contribution in [-0.4, -0.2) is 68.2 Å². The van der Waals surface area contributed by atoms with Crippen molar-refractivity contribution in [2.24, 2.45) is 0 Å². The molecule has 10 heteroatoms. The SMILES string of the molecule is CCCN(CC(=O)N(CCc1ccc(OC)c(OC)c1)Cc1ccc(C)s1)C(=O)Nc1ccc(C(=O)OCC)cc1. The van der Waals surface area contributed by atoms with Crippen LogP contribution in [0.15, 0.2) is 54.6 Å². The van der Waals surface area contributed by atoms with E-state index in [4.69, 9.17) is 14.2 Å². The van der Waals surface area contributed by atoms with Gasteiger partial charge in [-0.25, -0.2) is 9.59 Å². The van der Waals surface area contributed by atoms with Gasteiger partial charge in [0.1, 0.15) is 6.54 Å². The van der Waals surface area contributed by atoms with Gasteiger partial charge in [0, 0.05) is 28.5 Å². The molecule has 0 saturated heterocycles. The standard InChI is InChI=1S/C31H39N3O6S/c1-6-17-34(31(37)32-25-12-10-24(11-13-25)30(36)40-7-2)21-29(35)33(20-26-14-8-22(3)41-26)18-16-23-9-15-27(38-4)28(19-23)39-5/h8-15,19H,6-7,16-18,20-21H2,1-5H3,(H,32,37). The van der Waals surface area contributed by atoms with Gasteiger partial charge in [-0.1, -0.05) is 13.0 Å². The van der Waals surface area contributed by atoms with Gasteiger partial charge < -0.3 is 29.3 Å². The maximum atomic E-state index is 13.6. The lowest BCUT2D eigenvalue weighted by Crippen LogP contribution is -2.45. The van der Waals surface area contributed by atoms with Crippen molar-refractivity contribution in [2.45, 2.75) is 40.2 Å². The Kier molecular flexibility index (Phi) is 12.0. The van der Waals surface area contributed by atoms with Crippen LogP contribution in [0.5, 0.6) is 11.5 Å². The summed E-state index contributed by atoms with van der Waals surface area (Å²) in [4.78, 5) is 44.3. The number of hydrogen-bond acceptors (Lipinski definition) is 7. The molecule has 0 atom stereocenters. The van der Waals surface area contributed by atoms with Gasteiger partial charge in [0.25, 0.3) is 0 Å². The number of ether oxygens (including phenoxy) is 3. The minimum atomic E-state index is -0.419. The number of carbonyl (C=O) groups excluding carboxylic acids is 3. The van der Waals surface area contributed by atoms with Gasteiger partial charge in [0.15, 0.2) is 11.5 Å². The lowest BCUT2D eigenvalue weighted by atomic mass is 10.1. The van der Waals surface area contributed by atoms with Crippen LogP contribution in [0.3, 0.4) is 0 Å². The summed E-state index contributed by atoms with van der Waals surface area (Å²) in [5.74, 6) is 0.725. The Labute approximate surface area is 246 Å². The zero-order valence-corrected chi connectivity index (χ0v) is 25.2. The molecule has 0 aliphatic carbocycles. The van der Waals surface area contributed by atoms with Crippen LogP contribution in [0, 0.1) is 6.92 Å². The van der Waals surface area contributed by atoms with Gasteiger partial charge in [0.05, 0.1) is 32.9 Å². The summed E-state index contributed by atoms with van der Waals surface area (Å²) in [6.45, 7) is 7.32. The summed E-state index contributed by atoms with van der Waals surface area (Å²) in [5, 5.41) is 2.84. The van der Waals surface area contributed by atoms with E-state index in [2.05, 4.69) is 5.32 Å². The summed E-state index contributed by atoms with van der Waals surface area (Å²) in [5.41, 5.74) is 1.94. The van der Waals surface area contributed by atoms with Crippen LogP contribution >= 0.6 is 11.3 Å². The Morgan fingerprint density at radius 2 is 1.61 bits per heavy atom. The van der Waals surface area contributed by atoms with Gasteiger partial charge >= 0.3 is 12.0 Å². The average Bonchev–Trinajstić information content (AvgIpc) is 3.39. The fourth-order valence-electron chi connectivity index (χ4n) is 4.24. The largest absolute Gasteiger partial charge is 0.493 e. The third kappa shape index (κ3) is 9.24. The molecule has 0 saturated carbocycles. The van der Waals surface area contributed by atoms with E-state index in [1.54, 1.807) is 61.6 Å². The highest BCUT2D eigenvalue weighted by atomic mass is 32.1. The van der Waals surface area contributed by atoms with E-state index >= 15 is 0 Å². The van der Waals surface area contributed by atoms with Gasteiger partial charge in [0.2, 0.25) is 5.91 Å². The molecule has 0 bridgehead atoms. The highest BCUT2D eigenvalue weighted by Gasteiger charge is 2.22. The molecule has 0 aliphatic heterocycles. The first kappa shape index (κ1) is 31.5. The van der Waals surface area contributed by atoms with E-state index in [-0.39, 0.29) is 25.1 Å². The molecule has 0 aliphatic rings. The number of nitrogens with one attached hydrogen (secondary N) is 1. The minimum Gasteiger partial charge on any atom is -0.493 e. The molecule has 220 valence electrons. The molecule has 3 rings (SSSR count). The van der Waals surface area contributed by atoms with Crippen LogP contribution in [0.25, 0.3) is 0 Å². The Morgan fingerprint density at radius 1 is 0.878 bits per heavy atom. The Hall–Kier alpha value is -4.05.